The summed E-state index contributed by atoms with van der Waals surface area (Å²) in [5.74, 6) is 0. The summed E-state index contributed by atoms with van der Waals surface area (Å²) in [5.41, 5.74) is 6.06. The Morgan fingerprint density at radius 1 is 1.50 bits per heavy atom. The van der Waals surface area contributed by atoms with Gasteiger partial charge in [0.1, 0.15) is 0 Å². The molecule has 0 aromatic heterocycles. The van der Waals surface area contributed by atoms with Crippen LogP contribution in [-0.4, -0.2) is 15.0 Å². The molecular weight excluding hydrogens is 360 g/mol. The highest BCUT2D eigenvalue weighted by Gasteiger charge is 2.14. The van der Waals surface area contributed by atoms with E-state index in [9.17, 15) is 8.42 Å². The van der Waals surface area contributed by atoms with Crippen LogP contribution in [0.2, 0.25) is 0 Å². The molecule has 7 heteroatoms. The third-order valence-corrected chi connectivity index (χ3v) is 4.10. The predicted octanol–water partition coefficient (Wildman–Crippen LogP) is 2.22. The van der Waals surface area contributed by atoms with Crippen molar-refractivity contribution in [2.75, 3.05) is 12.3 Å². The van der Waals surface area contributed by atoms with Crippen LogP contribution in [0.15, 0.2) is 38.6 Å². The SMILES string of the molecule is C=C(Br)CNS(=O)(=O)c1ccc(N)c(Br)c1. The van der Waals surface area contributed by atoms with Gasteiger partial charge in [-0.15, -0.1) is 0 Å². The van der Waals surface area contributed by atoms with Gasteiger partial charge in [-0.2, -0.15) is 0 Å². The van der Waals surface area contributed by atoms with Gasteiger partial charge >= 0.3 is 0 Å². The van der Waals surface area contributed by atoms with Crippen molar-refractivity contribution in [3.05, 3.63) is 33.7 Å². The molecule has 0 fully saturated rings. The number of hydrogen-bond acceptors (Lipinski definition) is 3. The lowest BCUT2D eigenvalue weighted by atomic mass is 10.3. The first kappa shape index (κ1) is 13.7. The molecule has 1 aromatic carbocycles. The zero-order valence-corrected chi connectivity index (χ0v) is 12.2. The van der Waals surface area contributed by atoms with Gasteiger partial charge in [0.15, 0.2) is 0 Å². The zero-order chi connectivity index (χ0) is 12.3. The minimum absolute atomic E-state index is 0.143. The van der Waals surface area contributed by atoms with E-state index in [4.69, 9.17) is 5.73 Å². The molecule has 0 spiro atoms. The van der Waals surface area contributed by atoms with Gasteiger partial charge in [-0.1, -0.05) is 22.5 Å². The molecule has 0 aliphatic carbocycles. The van der Waals surface area contributed by atoms with Crippen molar-refractivity contribution in [1.29, 1.82) is 0 Å². The Morgan fingerprint density at radius 2 is 2.12 bits per heavy atom. The maximum absolute atomic E-state index is 11.8. The number of hydrogen-bond donors (Lipinski definition) is 2. The largest absolute Gasteiger partial charge is 0.398 e. The topological polar surface area (TPSA) is 72.2 Å². The molecule has 0 atom stereocenters. The van der Waals surface area contributed by atoms with Crippen LogP contribution in [0.5, 0.6) is 0 Å². The molecule has 0 heterocycles. The molecule has 0 saturated carbocycles. The molecule has 0 aliphatic heterocycles. The average molecular weight is 370 g/mol. The van der Waals surface area contributed by atoms with Crippen molar-refractivity contribution < 1.29 is 8.42 Å². The fourth-order valence-corrected chi connectivity index (χ4v) is 2.84. The van der Waals surface area contributed by atoms with Crippen LogP contribution in [0, 0.1) is 0 Å². The number of benzene rings is 1. The molecule has 1 rings (SSSR count). The second-order valence-electron chi connectivity index (χ2n) is 3.03. The number of anilines is 1. The summed E-state index contributed by atoms with van der Waals surface area (Å²) in [6.07, 6.45) is 0. The van der Waals surface area contributed by atoms with Crippen LogP contribution >= 0.6 is 31.9 Å². The van der Waals surface area contributed by atoms with E-state index in [2.05, 4.69) is 43.2 Å². The molecule has 0 amide bonds. The molecular formula is C9H10Br2N2O2S. The molecule has 0 unspecified atom stereocenters. The van der Waals surface area contributed by atoms with Crippen LogP contribution in [-0.2, 0) is 10.0 Å². The van der Waals surface area contributed by atoms with Gasteiger partial charge in [0, 0.05) is 21.2 Å². The maximum atomic E-state index is 11.8. The molecule has 88 valence electrons. The van der Waals surface area contributed by atoms with Gasteiger partial charge in [-0.25, -0.2) is 13.1 Å². The summed E-state index contributed by atoms with van der Waals surface area (Å²) >= 11 is 6.25. The fraction of sp³-hybridized carbons (Fsp3) is 0.111. The molecule has 1 aromatic rings. The Balaban J connectivity index is 2.99. The van der Waals surface area contributed by atoms with Crippen LogP contribution < -0.4 is 10.5 Å². The minimum atomic E-state index is -3.52. The highest BCUT2D eigenvalue weighted by atomic mass is 79.9. The van der Waals surface area contributed by atoms with E-state index >= 15 is 0 Å². The van der Waals surface area contributed by atoms with Gasteiger partial charge in [0.05, 0.1) is 4.90 Å². The Kier molecular flexibility index (Phi) is 4.54. The Morgan fingerprint density at radius 3 is 2.62 bits per heavy atom. The third-order valence-electron chi connectivity index (χ3n) is 1.74. The number of nitrogen functional groups attached to an aromatic ring is 1. The van der Waals surface area contributed by atoms with Crippen LogP contribution in [0.1, 0.15) is 0 Å². The fourth-order valence-electron chi connectivity index (χ4n) is 0.932. The summed E-state index contributed by atoms with van der Waals surface area (Å²) in [6.45, 7) is 3.69. The van der Waals surface area contributed by atoms with Crippen molar-refractivity contribution in [3.63, 3.8) is 0 Å². The first-order valence-electron chi connectivity index (χ1n) is 4.21. The van der Waals surface area contributed by atoms with E-state index in [1.54, 1.807) is 0 Å². The number of nitrogens with one attached hydrogen (secondary N) is 1. The van der Waals surface area contributed by atoms with Crippen molar-refractivity contribution >= 4 is 47.6 Å². The quantitative estimate of drug-likeness (QED) is 0.799. The van der Waals surface area contributed by atoms with E-state index in [1.807, 2.05) is 0 Å². The Hall–Kier alpha value is -0.370. The second-order valence-corrected chi connectivity index (χ2v) is 6.77. The standard InChI is InChI=1S/C9H10Br2N2O2S/c1-6(10)5-13-16(14,15)7-2-3-9(12)8(11)4-7/h2-4,13H,1,5,12H2. The van der Waals surface area contributed by atoms with Crippen molar-refractivity contribution in [3.8, 4) is 0 Å². The van der Waals surface area contributed by atoms with E-state index < -0.39 is 10.0 Å². The predicted molar refractivity (Wildman–Crippen MR) is 71.8 cm³/mol. The first-order valence-corrected chi connectivity index (χ1v) is 7.28. The van der Waals surface area contributed by atoms with Gasteiger partial charge in [0.2, 0.25) is 10.0 Å². The smallest absolute Gasteiger partial charge is 0.240 e. The lowest BCUT2D eigenvalue weighted by Crippen LogP contribution is -2.24. The third kappa shape index (κ3) is 3.58. The molecule has 4 nitrogen and oxygen atoms in total. The molecule has 0 saturated heterocycles. The molecule has 0 aliphatic rings. The lowest BCUT2D eigenvalue weighted by Gasteiger charge is -2.07. The Labute approximate surface area is 111 Å². The zero-order valence-electron chi connectivity index (χ0n) is 8.20. The van der Waals surface area contributed by atoms with E-state index in [-0.39, 0.29) is 11.4 Å². The van der Waals surface area contributed by atoms with Crippen molar-refractivity contribution in [1.82, 2.24) is 4.72 Å². The number of rotatable bonds is 4. The lowest BCUT2D eigenvalue weighted by molar-refractivity contribution is 0.585. The summed E-state index contributed by atoms with van der Waals surface area (Å²) in [5, 5.41) is 0. The van der Waals surface area contributed by atoms with E-state index in [0.717, 1.165) is 0 Å². The van der Waals surface area contributed by atoms with Crippen LogP contribution in [0.25, 0.3) is 0 Å². The highest BCUT2D eigenvalue weighted by molar-refractivity contribution is 9.11. The molecule has 0 bridgehead atoms. The minimum Gasteiger partial charge on any atom is -0.398 e. The van der Waals surface area contributed by atoms with Crippen molar-refractivity contribution in [2.45, 2.75) is 4.90 Å². The number of nitrogens with two attached hydrogens (primary N) is 1. The van der Waals surface area contributed by atoms with Crippen LogP contribution in [0.3, 0.4) is 0 Å². The second kappa shape index (κ2) is 5.31. The van der Waals surface area contributed by atoms with Gasteiger partial charge in [0.25, 0.3) is 0 Å². The molecule has 0 radical (unpaired) electrons. The van der Waals surface area contributed by atoms with Gasteiger partial charge in [-0.05, 0) is 34.1 Å². The monoisotopic (exact) mass is 368 g/mol. The highest BCUT2D eigenvalue weighted by Crippen LogP contribution is 2.22. The maximum Gasteiger partial charge on any atom is 0.240 e. The summed E-state index contributed by atoms with van der Waals surface area (Å²) in [7, 11) is -3.52. The average Bonchev–Trinajstić information content (AvgIpc) is 2.19. The van der Waals surface area contributed by atoms with E-state index in [1.165, 1.54) is 18.2 Å². The molecule has 16 heavy (non-hydrogen) atoms. The van der Waals surface area contributed by atoms with Crippen molar-refractivity contribution in [2.24, 2.45) is 0 Å². The summed E-state index contributed by atoms with van der Waals surface area (Å²) < 4.78 is 27.0. The van der Waals surface area contributed by atoms with Gasteiger partial charge < -0.3 is 5.73 Å². The number of sulfonamides is 1. The summed E-state index contributed by atoms with van der Waals surface area (Å²) in [6, 6.07) is 4.43. The molecule has 3 N–H and O–H groups in total. The first-order chi connectivity index (χ1) is 7.33. The van der Waals surface area contributed by atoms with Crippen LogP contribution in [0.4, 0.5) is 5.69 Å². The normalized spacial score (nSPS) is 11.4. The van der Waals surface area contributed by atoms with E-state index in [0.29, 0.717) is 14.6 Å². The number of halogens is 2. The van der Waals surface area contributed by atoms with Gasteiger partial charge in [-0.3, -0.25) is 0 Å². The summed E-state index contributed by atoms with van der Waals surface area (Å²) in [4.78, 5) is 0.155. The Bertz CT molecular complexity index is 514.